The number of nitrogens with zero attached hydrogens (tertiary/aromatic N) is 2. The Morgan fingerprint density at radius 3 is 2.48 bits per heavy atom. The van der Waals surface area contributed by atoms with Crippen LogP contribution in [0.2, 0.25) is 0 Å². The Hall–Kier alpha value is -1.87. The van der Waals surface area contributed by atoms with Gasteiger partial charge in [-0.3, -0.25) is 14.5 Å². The van der Waals surface area contributed by atoms with E-state index in [-0.39, 0.29) is 0 Å². The maximum atomic E-state index is 11.8. The molecule has 4 N–H and O–H groups in total. The number of nitrogens with one attached hydrogen (secondary N) is 1. The average molecular weight is 302 g/mol. The van der Waals surface area contributed by atoms with E-state index in [0.717, 1.165) is 44.2 Å². The van der Waals surface area contributed by atoms with Gasteiger partial charge in [0.1, 0.15) is 13.1 Å². The molecule has 0 unspecified atom stereocenters. The van der Waals surface area contributed by atoms with Crippen molar-refractivity contribution in [2.45, 2.75) is 6.42 Å². The number of urea groups is 1. The van der Waals surface area contributed by atoms with Crippen molar-refractivity contribution in [1.82, 2.24) is 15.1 Å². The predicted molar refractivity (Wildman–Crippen MR) is 73.7 cm³/mol. The summed E-state index contributed by atoms with van der Waals surface area (Å²) in [6.45, 7) is 3.46. The molecule has 0 aromatic heterocycles. The van der Waals surface area contributed by atoms with E-state index in [1.54, 1.807) is 0 Å². The number of carbonyl (C=O) groups excluding carboxylic acids is 2. The first-order valence-corrected chi connectivity index (χ1v) is 6.82. The topological polar surface area (TPSA) is 125 Å². The first kappa shape index (κ1) is 17.2. The third-order valence-corrected chi connectivity index (χ3v) is 2.99. The fraction of sp³-hybridized carbons (Fsp3) is 0.750. The molecule has 3 amide bonds. The van der Waals surface area contributed by atoms with E-state index >= 15 is 0 Å². The number of carboxylic acid groups (broad SMARTS) is 1. The Labute approximate surface area is 123 Å². The quantitative estimate of drug-likeness (QED) is 0.458. The zero-order valence-corrected chi connectivity index (χ0v) is 11.9. The molecule has 0 radical (unpaired) electrons. The fourth-order valence-corrected chi connectivity index (χ4v) is 1.99. The number of hydrogen-bond donors (Lipinski definition) is 3. The highest BCUT2D eigenvalue weighted by molar-refractivity contribution is 5.85. The number of ether oxygens (including phenoxy) is 1. The number of primary amides is 1. The van der Waals surface area contributed by atoms with Crippen LogP contribution in [-0.4, -0.2) is 85.3 Å². The average Bonchev–Trinajstić information content (AvgIpc) is 2.43. The minimum atomic E-state index is -1.19. The number of carboxylic acids is 1. The zero-order valence-electron chi connectivity index (χ0n) is 11.9. The third-order valence-electron chi connectivity index (χ3n) is 2.99. The summed E-state index contributed by atoms with van der Waals surface area (Å²) in [4.78, 5) is 36.3. The molecule has 21 heavy (non-hydrogen) atoms. The summed E-state index contributed by atoms with van der Waals surface area (Å²) in [5, 5.41) is 11.3. The van der Waals surface area contributed by atoms with Crippen molar-refractivity contribution in [2.75, 3.05) is 52.5 Å². The van der Waals surface area contributed by atoms with Crippen molar-refractivity contribution in [3.8, 4) is 0 Å². The van der Waals surface area contributed by atoms with Crippen molar-refractivity contribution in [2.24, 2.45) is 5.73 Å². The molecule has 1 saturated heterocycles. The van der Waals surface area contributed by atoms with E-state index in [2.05, 4.69) is 10.2 Å². The Morgan fingerprint density at radius 2 is 1.90 bits per heavy atom. The summed E-state index contributed by atoms with van der Waals surface area (Å²) < 4.78 is 5.23. The van der Waals surface area contributed by atoms with E-state index in [1.165, 1.54) is 0 Å². The van der Waals surface area contributed by atoms with Gasteiger partial charge < -0.3 is 25.8 Å². The number of rotatable bonds is 8. The number of morpholine rings is 1. The molecular formula is C12H22N4O5. The monoisotopic (exact) mass is 302 g/mol. The van der Waals surface area contributed by atoms with Gasteiger partial charge in [0, 0.05) is 19.6 Å². The van der Waals surface area contributed by atoms with Crippen LogP contribution in [0.1, 0.15) is 6.42 Å². The molecule has 1 heterocycles. The molecule has 0 spiro atoms. The van der Waals surface area contributed by atoms with Crippen molar-refractivity contribution < 1.29 is 24.2 Å². The van der Waals surface area contributed by atoms with Crippen LogP contribution in [0.4, 0.5) is 4.79 Å². The number of amides is 3. The summed E-state index contributed by atoms with van der Waals surface area (Å²) in [6.07, 6.45) is 0.739. The maximum Gasteiger partial charge on any atom is 0.323 e. The molecule has 0 bridgehead atoms. The van der Waals surface area contributed by atoms with Crippen LogP contribution >= 0.6 is 0 Å². The van der Waals surface area contributed by atoms with Gasteiger partial charge in [0.05, 0.1) is 13.2 Å². The molecule has 0 aromatic carbocycles. The smallest absolute Gasteiger partial charge is 0.323 e. The van der Waals surface area contributed by atoms with E-state index in [0.29, 0.717) is 6.54 Å². The second kappa shape index (κ2) is 9.14. The van der Waals surface area contributed by atoms with E-state index in [1.807, 2.05) is 0 Å². The lowest BCUT2D eigenvalue weighted by molar-refractivity contribution is -0.137. The largest absolute Gasteiger partial charge is 0.480 e. The SMILES string of the molecule is NC(=O)CN(CC(=O)O)C(=O)NCCCN1CCOCC1. The summed E-state index contributed by atoms with van der Waals surface area (Å²) >= 11 is 0. The lowest BCUT2D eigenvalue weighted by atomic mass is 10.3. The van der Waals surface area contributed by atoms with Gasteiger partial charge in [0.25, 0.3) is 0 Å². The minimum Gasteiger partial charge on any atom is -0.480 e. The van der Waals surface area contributed by atoms with Gasteiger partial charge in [0.15, 0.2) is 0 Å². The van der Waals surface area contributed by atoms with E-state index in [4.69, 9.17) is 15.6 Å². The fourth-order valence-electron chi connectivity index (χ4n) is 1.99. The van der Waals surface area contributed by atoms with Gasteiger partial charge in [-0.15, -0.1) is 0 Å². The molecule has 1 rings (SSSR count). The second-order valence-corrected chi connectivity index (χ2v) is 4.76. The molecule has 9 nitrogen and oxygen atoms in total. The Bertz CT molecular complexity index is 355. The highest BCUT2D eigenvalue weighted by atomic mass is 16.5. The van der Waals surface area contributed by atoms with Gasteiger partial charge in [-0.1, -0.05) is 0 Å². The van der Waals surface area contributed by atoms with Gasteiger partial charge in [-0.05, 0) is 13.0 Å². The third kappa shape index (κ3) is 7.47. The van der Waals surface area contributed by atoms with E-state index < -0.39 is 31.0 Å². The summed E-state index contributed by atoms with van der Waals surface area (Å²) in [6, 6.07) is -0.599. The van der Waals surface area contributed by atoms with Crippen LogP contribution in [0.5, 0.6) is 0 Å². The molecule has 1 aliphatic heterocycles. The van der Waals surface area contributed by atoms with E-state index in [9.17, 15) is 14.4 Å². The van der Waals surface area contributed by atoms with Gasteiger partial charge in [-0.2, -0.15) is 0 Å². The Kier molecular flexibility index (Phi) is 7.48. The summed E-state index contributed by atoms with van der Waals surface area (Å²) in [5.74, 6) is -1.94. The van der Waals surface area contributed by atoms with Crippen LogP contribution in [0.15, 0.2) is 0 Å². The highest BCUT2D eigenvalue weighted by Gasteiger charge is 2.18. The highest BCUT2D eigenvalue weighted by Crippen LogP contribution is 1.97. The molecule has 0 saturated carbocycles. The molecule has 0 atom stereocenters. The molecule has 1 fully saturated rings. The maximum absolute atomic E-state index is 11.8. The summed E-state index contributed by atoms with van der Waals surface area (Å²) in [5.41, 5.74) is 4.99. The molecule has 120 valence electrons. The van der Waals surface area contributed by atoms with Gasteiger partial charge >= 0.3 is 12.0 Å². The van der Waals surface area contributed by atoms with Crippen LogP contribution in [0.25, 0.3) is 0 Å². The van der Waals surface area contributed by atoms with Gasteiger partial charge in [0.2, 0.25) is 5.91 Å². The number of hydrogen-bond acceptors (Lipinski definition) is 5. The second-order valence-electron chi connectivity index (χ2n) is 4.76. The molecule has 0 aromatic rings. The van der Waals surface area contributed by atoms with Gasteiger partial charge in [-0.25, -0.2) is 4.79 Å². The molecule has 1 aliphatic rings. The van der Waals surface area contributed by atoms with Crippen molar-refractivity contribution >= 4 is 17.9 Å². The number of aliphatic carboxylic acids is 1. The number of nitrogens with two attached hydrogens (primary N) is 1. The Balaban J connectivity index is 2.25. The first-order valence-electron chi connectivity index (χ1n) is 6.82. The zero-order chi connectivity index (χ0) is 15.7. The van der Waals surface area contributed by atoms with Crippen molar-refractivity contribution in [1.29, 1.82) is 0 Å². The Morgan fingerprint density at radius 1 is 1.24 bits per heavy atom. The summed E-state index contributed by atoms with van der Waals surface area (Å²) in [7, 11) is 0. The van der Waals surface area contributed by atoms with Crippen molar-refractivity contribution in [3.05, 3.63) is 0 Å². The normalized spacial score (nSPS) is 15.4. The van der Waals surface area contributed by atoms with Crippen LogP contribution in [0, 0.1) is 0 Å². The number of carbonyl (C=O) groups is 3. The molecule has 9 heteroatoms. The van der Waals surface area contributed by atoms with Crippen LogP contribution < -0.4 is 11.1 Å². The standard InChI is InChI=1S/C12H22N4O5/c13-10(17)8-16(9-11(18)19)12(20)14-2-1-3-15-4-6-21-7-5-15/h1-9H2,(H2,13,17)(H,14,20)(H,18,19). The minimum absolute atomic E-state index is 0.408. The predicted octanol–water partition coefficient (Wildman–Crippen LogP) is -1.71. The van der Waals surface area contributed by atoms with Crippen LogP contribution in [-0.2, 0) is 14.3 Å². The van der Waals surface area contributed by atoms with Crippen molar-refractivity contribution in [3.63, 3.8) is 0 Å². The molecular weight excluding hydrogens is 280 g/mol. The lowest BCUT2D eigenvalue weighted by Crippen LogP contribution is -2.47. The molecule has 0 aliphatic carbocycles. The lowest BCUT2D eigenvalue weighted by Gasteiger charge is -2.26. The first-order chi connectivity index (χ1) is 9.99. The van der Waals surface area contributed by atoms with Crippen LogP contribution in [0.3, 0.4) is 0 Å².